The molecular formula is C27H21N5O4S. The highest BCUT2D eigenvalue weighted by molar-refractivity contribution is 8.27. The van der Waals surface area contributed by atoms with Crippen LogP contribution in [0.3, 0.4) is 0 Å². The van der Waals surface area contributed by atoms with Gasteiger partial charge < -0.3 is 9.47 Å². The number of fused-ring (bicyclic) bond motifs is 1. The van der Waals surface area contributed by atoms with Crippen molar-refractivity contribution in [2.24, 2.45) is 10.1 Å². The molecule has 0 radical (unpaired) electrons. The van der Waals surface area contributed by atoms with Crippen molar-refractivity contribution in [1.29, 1.82) is 5.41 Å². The summed E-state index contributed by atoms with van der Waals surface area (Å²) in [5, 5.41) is 15.3. The van der Waals surface area contributed by atoms with Crippen molar-refractivity contribution in [1.82, 2.24) is 9.99 Å². The molecule has 184 valence electrons. The van der Waals surface area contributed by atoms with Gasteiger partial charge in [-0.1, -0.05) is 23.8 Å². The van der Waals surface area contributed by atoms with Gasteiger partial charge in [0.2, 0.25) is 5.17 Å². The van der Waals surface area contributed by atoms with Gasteiger partial charge in [0.05, 0.1) is 17.7 Å². The molecule has 2 aromatic carbocycles. The average molecular weight is 512 g/mol. The molecule has 37 heavy (non-hydrogen) atoms. The van der Waals surface area contributed by atoms with Gasteiger partial charge in [0.1, 0.15) is 5.04 Å². The molecule has 2 aliphatic heterocycles. The Bertz CT molecular complexity index is 1510. The molecule has 0 bridgehead atoms. The summed E-state index contributed by atoms with van der Waals surface area (Å²) < 4.78 is 11.3. The number of ether oxygens (including phenoxy) is 2. The Kier molecular flexibility index (Phi) is 6.65. The van der Waals surface area contributed by atoms with Crippen LogP contribution in [-0.4, -0.2) is 44.5 Å². The SMILES string of the molecule is CCOc1cc(C=C2C(=N)N3N=C(c4cccnc4)SC3=NC2=O)ccc1OC(=O)c1cccc(C)c1. The maximum Gasteiger partial charge on any atom is 0.343 e. The van der Waals surface area contributed by atoms with E-state index in [4.69, 9.17) is 14.9 Å². The zero-order valence-corrected chi connectivity index (χ0v) is 20.8. The zero-order valence-electron chi connectivity index (χ0n) is 20.0. The molecule has 1 amide bonds. The fourth-order valence-electron chi connectivity index (χ4n) is 3.66. The number of pyridine rings is 1. The fourth-order valence-corrected chi connectivity index (χ4v) is 4.54. The molecule has 5 rings (SSSR count). The molecule has 3 heterocycles. The van der Waals surface area contributed by atoms with Crippen molar-refractivity contribution < 1.29 is 19.1 Å². The van der Waals surface area contributed by atoms with Gasteiger partial charge >= 0.3 is 5.97 Å². The maximum atomic E-state index is 12.8. The van der Waals surface area contributed by atoms with Crippen LogP contribution in [0.4, 0.5) is 0 Å². The standard InChI is InChI=1S/C27H21N5O4S/c1-3-35-22-14-17(9-10-21(22)36-26(34)18-7-4-6-16(2)12-18)13-20-23(28)32-27(30-24(20)33)37-25(31-32)19-8-5-11-29-15-19/h4-15,28H,3H2,1-2H3. The largest absolute Gasteiger partial charge is 0.490 e. The number of nitrogens with zero attached hydrogens (tertiary/aromatic N) is 4. The Morgan fingerprint density at radius 3 is 2.76 bits per heavy atom. The number of carbonyl (C=O) groups is 2. The van der Waals surface area contributed by atoms with Crippen LogP contribution < -0.4 is 9.47 Å². The number of amides is 1. The molecule has 10 heteroatoms. The van der Waals surface area contributed by atoms with Crippen LogP contribution in [0.25, 0.3) is 6.08 Å². The van der Waals surface area contributed by atoms with Gasteiger partial charge in [-0.2, -0.15) is 15.1 Å². The summed E-state index contributed by atoms with van der Waals surface area (Å²) in [6.07, 6.45) is 4.86. The Morgan fingerprint density at radius 1 is 1.14 bits per heavy atom. The van der Waals surface area contributed by atoms with E-state index in [-0.39, 0.29) is 17.2 Å². The highest BCUT2D eigenvalue weighted by Gasteiger charge is 2.36. The lowest BCUT2D eigenvalue weighted by Crippen LogP contribution is -2.35. The summed E-state index contributed by atoms with van der Waals surface area (Å²) in [6.45, 7) is 4.05. The maximum absolute atomic E-state index is 12.8. The first-order valence-corrected chi connectivity index (χ1v) is 12.2. The summed E-state index contributed by atoms with van der Waals surface area (Å²) in [7, 11) is 0. The molecule has 0 atom stereocenters. The van der Waals surface area contributed by atoms with Crippen LogP contribution in [0.5, 0.6) is 11.5 Å². The fraction of sp³-hybridized carbons (Fsp3) is 0.111. The monoisotopic (exact) mass is 511 g/mol. The van der Waals surface area contributed by atoms with Crippen molar-refractivity contribution in [3.8, 4) is 11.5 Å². The lowest BCUT2D eigenvalue weighted by atomic mass is 10.1. The summed E-state index contributed by atoms with van der Waals surface area (Å²) >= 11 is 1.21. The molecule has 0 spiro atoms. The molecule has 0 fully saturated rings. The van der Waals surface area contributed by atoms with Gasteiger partial charge in [-0.15, -0.1) is 0 Å². The highest BCUT2D eigenvalue weighted by Crippen LogP contribution is 2.33. The van der Waals surface area contributed by atoms with Gasteiger partial charge in [-0.3, -0.25) is 15.2 Å². The van der Waals surface area contributed by atoms with Crippen LogP contribution in [-0.2, 0) is 4.79 Å². The molecule has 2 aliphatic rings. The van der Waals surface area contributed by atoms with E-state index < -0.39 is 11.9 Å². The number of thioether (sulfide) groups is 1. The minimum absolute atomic E-state index is 0.0764. The number of aromatic nitrogens is 1. The summed E-state index contributed by atoms with van der Waals surface area (Å²) in [4.78, 5) is 33.7. The number of aryl methyl sites for hydroxylation is 1. The third kappa shape index (κ3) is 5.05. The van der Waals surface area contributed by atoms with Gasteiger partial charge in [0.25, 0.3) is 5.91 Å². The van der Waals surface area contributed by atoms with E-state index in [1.165, 1.54) is 16.8 Å². The second-order valence-electron chi connectivity index (χ2n) is 8.07. The third-order valence-corrected chi connectivity index (χ3v) is 6.36. The van der Waals surface area contributed by atoms with Crippen LogP contribution in [0, 0.1) is 12.3 Å². The number of esters is 1. The highest BCUT2D eigenvalue weighted by atomic mass is 32.2. The predicted molar refractivity (Wildman–Crippen MR) is 142 cm³/mol. The average Bonchev–Trinajstić information content (AvgIpc) is 3.33. The molecule has 0 aliphatic carbocycles. The van der Waals surface area contributed by atoms with Crippen LogP contribution in [0.15, 0.2) is 82.7 Å². The molecule has 0 saturated heterocycles. The molecule has 1 N–H and O–H groups in total. The molecule has 0 saturated carbocycles. The van der Waals surface area contributed by atoms with Crippen molar-refractivity contribution in [3.05, 3.63) is 94.8 Å². The quantitative estimate of drug-likeness (QED) is 0.290. The lowest BCUT2D eigenvalue weighted by molar-refractivity contribution is -0.114. The minimum atomic E-state index is -0.542. The van der Waals surface area contributed by atoms with E-state index >= 15 is 0 Å². The Labute approximate surface area is 217 Å². The van der Waals surface area contributed by atoms with Crippen molar-refractivity contribution in [2.75, 3.05) is 6.61 Å². The summed E-state index contributed by atoms with van der Waals surface area (Å²) in [5.41, 5.74) is 2.80. The number of benzene rings is 2. The number of hydrogen-bond donors (Lipinski definition) is 1. The minimum Gasteiger partial charge on any atom is -0.490 e. The predicted octanol–water partition coefficient (Wildman–Crippen LogP) is 4.68. The number of carbonyl (C=O) groups excluding carboxylic acids is 2. The number of amidine groups is 2. The Hall–Kier alpha value is -4.57. The summed E-state index contributed by atoms with van der Waals surface area (Å²) in [6, 6.07) is 15.7. The number of nitrogens with one attached hydrogen (secondary N) is 1. The van der Waals surface area contributed by atoms with E-state index in [0.717, 1.165) is 11.1 Å². The molecule has 1 aromatic heterocycles. The summed E-state index contributed by atoms with van der Waals surface area (Å²) in [5.74, 6) is -0.544. The number of aliphatic imine (C=N–C) groups is 1. The third-order valence-electron chi connectivity index (χ3n) is 5.40. The van der Waals surface area contributed by atoms with Crippen LogP contribution >= 0.6 is 11.8 Å². The second-order valence-corrected chi connectivity index (χ2v) is 9.02. The number of rotatable bonds is 6. The van der Waals surface area contributed by atoms with Crippen molar-refractivity contribution in [3.63, 3.8) is 0 Å². The van der Waals surface area contributed by atoms with E-state index in [1.807, 2.05) is 26.0 Å². The van der Waals surface area contributed by atoms with Crippen molar-refractivity contribution in [2.45, 2.75) is 13.8 Å². The molecule has 3 aromatic rings. The number of hydrazone groups is 1. The van der Waals surface area contributed by atoms with E-state index in [9.17, 15) is 9.59 Å². The zero-order chi connectivity index (χ0) is 25.9. The lowest BCUT2D eigenvalue weighted by Gasteiger charge is -2.20. The van der Waals surface area contributed by atoms with Gasteiger partial charge in [-0.25, -0.2) is 4.79 Å². The second kappa shape index (κ2) is 10.2. The molecule has 9 nitrogen and oxygen atoms in total. The van der Waals surface area contributed by atoms with E-state index in [0.29, 0.717) is 33.7 Å². The first-order chi connectivity index (χ1) is 17.9. The molecular weight excluding hydrogens is 490 g/mol. The van der Waals surface area contributed by atoms with Gasteiger partial charge in [0.15, 0.2) is 17.3 Å². The topological polar surface area (TPSA) is 117 Å². The van der Waals surface area contributed by atoms with E-state index in [2.05, 4.69) is 15.1 Å². The normalized spacial score (nSPS) is 15.8. The van der Waals surface area contributed by atoms with Crippen molar-refractivity contribution >= 4 is 45.8 Å². The molecule has 0 unspecified atom stereocenters. The van der Waals surface area contributed by atoms with Gasteiger partial charge in [0, 0.05) is 18.0 Å². The first kappa shape index (κ1) is 24.1. The smallest absolute Gasteiger partial charge is 0.343 e. The van der Waals surface area contributed by atoms with Crippen LogP contribution in [0.2, 0.25) is 0 Å². The van der Waals surface area contributed by atoms with E-state index in [1.54, 1.807) is 60.9 Å². The first-order valence-electron chi connectivity index (χ1n) is 11.4. The van der Waals surface area contributed by atoms with Gasteiger partial charge in [-0.05, 0) is 73.6 Å². The Morgan fingerprint density at radius 2 is 2.00 bits per heavy atom. The Balaban J connectivity index is 1.41. The number of hydrogen-bond acceptors (Lipinski definition) is 8. The van der Waals surface area contributed by atoms with Crippen LogP contribution in [0.1, 0.15) is 34.0 Å².